The molecule has 0 unspecified atom stereocenters. The van der Waals surface area contributed by atoms with Crippen LogP contribution in [-0.2, 0) is 14.3 Å². The van der Waals surface area contributed by atoms with Crippen LogP contribution in [-0.4, -0.2) is 37.2 Å². The zero-order valence-electron chi connectivity index (χ0n) is 14.0. The minimum Gasteiger partial charge on any atom is -0.454 e. The quantitative estimate of drug-likeness (QED) is 0.514. The normalized spacial score (nSPS) is 10.1. The smallest absolute Gasteiger partial charge is 0.325 e. The second kappa shape index (κ2) is 9.98. The van der Waals surface area contributed by atoms with Gasteiger partial charge in [-0.05, 0) is 42.7 Å². The number of carbonyl (C=O) groups excluding carboxylic acids is 3. The number of nitrogens with one attached hydrogen (secondary N) is 2. The van der Waals surface area contributed by atoms with Gasteiger partial charge in [0.2, 0.25) is 0 Å². The van der Waals surface area contributed by atoms with E-state index in [2.05, 4.69) is 26.6 Å². The Hall–Kier alpha value is -2.32. The molecule has 0 aliphatic carbocycles. The summed E-state index contributed by atoms with van der Waals surface area (Å²) in [5.74, 6) is -1.54. The van der Waals surface area contributed by atoms with Crippen LogP contribution < -0.4 is 10.6 Å². The first-order chi connectivity index (χ1) is 12.5. The van der Waals surface area contributed by atoms with Crippen molar-refractivity contribution in [3.8, 4) is 0 Å². The van der Waals surface area contributed by atoms with Gasteiger partial charge in [0.15, 0.2) is 6.61 Å². The highest BCUT2D eigenvalue weighted by molar-refractivity contribution is 9.10. The molecule has 8 heteroatoms. The van der Waals surface area contributed by atoms with Crippen molar-refractivity contribution in [2.24, 2.45) is 0 Å². The summed E-state index contributed by atoms with van der Waals surface area (Å²) in [6.45, 7) is -0.740. The van der Waals surface area contributed by atoms with Crippen LogP contribution >= 0.6 is 27.7 Å². The number of carbonyl (C=O) groups is 3. The van der Waals surface area contributed by atoms with E-state index in [-0.39, 0.29) is 6.54 Å². The molecule has 0 aliphatic heterocycles. The van der Waals surface area contributed by atoms with Gasteiger partial charge >= 0.3 is 5.97 Å². The highest BCUT2D eigenvalue weighted by Crippen LogP contribution is 2.18. The first-order valence-electron chi connectivity index (χ1n) is 7.61. The summed E-state index contributed by atoms with van der Waals surface area (Å²) in [7, 11) is 0. The lowest BCUT2D eigenvalue weighted by atomic mass is 10.2. The fraction of sp³-hybridized carbons (Fsp3) is 0.167. The summed E-state index contributed by atoms with van der Waals surface area (Å²) in [5.41, 5.74) is 1.04. The number of rotatable bonds is 7. The van der Waals surface area contributed by atoms with E-state index in [1.807, 2.05) is 24.5 Å². The molecule has 26 heavy (non-hydrogen) atoms. The van der Waals surface area contributed by atoms with E-state index in [1.165, 1.54) is 0 Å². The van der Waals surface area contributed by atoms with Gasteiger partial charge in [-0.25, -0.2) is 0 Å². The molecule has 0 fully saturated rings. The highest BCUT2D eigenvalue weighted by atomic mass is 79.9. The van der Waals surface area contributed by atoms with E-state index in [1.54, 1.807) is 42.1 Å². The molecule has 0 aliphatic rings. The van der Waals surface area contributed by atoms with Crippen LogP contribution in [0, 0.1) is 0 Å². The molecule has 0 atom stereocenters. The van der Waals surface area contributed by atoms with Gasteiger partial charge in [-0.2, -0.15) is 0 Å². The van der Waals surface area contributed by atoms with Crippen LogP contribution in [0.2, 0.25) is 0 Å². The molecular formula is C18H17BrN2O4S. The third-order valence-electron chi connectivity index (χ3n) is 3.20. The molecule has 2 rings (SSSR count). The molecule has 2 N–H and O–H groups in total. The largest absolute Gasteiger partial charge is 0.454 e. The van der Waals surface area contributed by atoms with Crippen molar-refractivity contribution >= 4 is 51.2 Å². The van der Waals surface area contributed by atoms with Gasteiger partial charge < -0.3 is 15.4 Å². The van der Waals surface area contributed by atoms with Crippen LogP contribution in [0.3, 0.4) is 0 Å². The van der Waals surface area contributed by atoms with E-state index >= 15 is 0 Å². The lowest BCUT2D eigenvalue weighted by molar-refractivity contribution is -0.146. The third-order valence-corrected chi connectivity index (χ3v) is 4.42. The Morgan fingerprint density at radius 1 is 1.12 bits per heavy atom. The van der Waals surface area contributed by atoms with E-state index < -0.39 is 24.4 Å². The molecule has 0 saturated heterocycles. The van der Waals surface area contributed by atoms with Crippen LogP contribution in [0.15, 0.2) is 57.9 Å². The summed E-state index contributed by atoms with van der Waals surface area (Å²) in [5, 5.41) is 5.09. The minimum absolute atomic E-state index is 0.319. The monoisotopic (exact) mass is 436 g/mol. The molecule has 136 valence electrons. The maximum atomic E-state index is 11.9. The topological polar surface area (TPSA) is 84.5 Å². The van der Waals surface area contributed by atoms with Crippen molar-refractivity contribution in [3.63, 3.8) is 0 Å². The van der Waals surface area contributed by atoms with Crippen molar-refractivity contribution in [2.45, 2.75) is 4.90 Å². The molecule has 0 heterocycles. The van der Waals surface area contributed by atoms with E-state index in [0.717, 1.165) is 9.37 Å². The van der Waals surface area contributed by atoms with Crippen molar-refractivity contribution in [1.29, 1.82) is 0 Å². The Kier molecular flexibility index (Phi) is 7.68. The number of halogens is 1. The number of amides is 2. The second-order valence-electron chi connectivity index (χ2n) is 5.13. The molecule has 2 aromatic carbocycles. The Bertz CT molecular complexity index is 813. The number of hydrogen-bond acceptors (Lipinski definition) is 5. The molecular weight excluding hydrogens is 420 g/mol. The summed E-state index contributed by atoms with van der Waals surface area (Å²) < 4.78 is 5.62. The first kappa shape index (κ1) is 20.0. The second-order valence-corrected chi connectivity index (χ2v) is 6.93. The average Bonchev–Trinajstić information content (AvgIpc) is 2.64. The maximum absolute atomic E-state index is 11.9. The van der Waals surface area contributed by atoms with E-state index in [4.69, 9.17) is 4.74 Å². The fourth-order valence-electron chi connectivity index (χ4n) is 1.98. The average molecular weight is 437 g/mol. The van der Waals surface area contributed by atoms with Crippen LogP contribution in [0.4, 0.5) is 5.69 Å². The number of benzene rings is 2. The zero-order valence-corrected chi connectivity index (χ0v) is 16.4. The first-order valence-corrected chi connectivity index (χ1v) is 9.63. The standard InChI is InChI=1S/C18H17BrN2O4S/c1-26-15-7-3-6-14(9-15)21-16(22)11-25-17(23)10-20-18(24)12-4-2-5-13(19)8-12/h2-9H,10-11H2,1H3,(H,20,24)(H,21,22). The van der Waals surface area contributed by atoms with Crippen LogP contribution in [0.5, 0.6) is 0 Å². The number of ether oxygens (including phenoxy) is 1. The van der Waals surface area contributed by atoms with Crippen molar-refractivity contribution in [3.05, 3.63) is 58.6 Å². The Balaban J connectivity index is 1.74. The summed E-state index contributed by atoms with van der Waals surface area (Å²) in [6.07, 6.45) is 1.94. The van der Waals surface area contributed by atoms with Crippen molar-refractivity contribution < 1.29 is 19.1 Å². The van der Waals surface area contributed by atoms with E-state index in [9.17, 15) is 14.4 Å². The van der Waals surface area contributed by atoms with Gasteiger partial charge in [0.25, 0.3) is 11.8 Å². The van der Waals surface area contributed by atoms with Crippen molar-refractivity contribution in [2.75, 3.05) is 24.7 Å². The molecule has 2 amide bonds. The van der Waals surface area contributed by atoms with Gasteiger partial charge in [0, 0.05) is 20.6 Å². The number of anilines is 1. The zero-order chi connectivity index (χ0) is 18.9. The predicted molar refractivity (Wildman–Crippen MR) is 104 cm³/mol. The SMILES string of the molecule is CSc1cccc(NC(=O)COC(=O)CNC(=O)c2cccc(Br)c2)c1. The molecule has 2 aromatic rings. The highest BCUT2D eigenvalue weighted by Gasteiger charge is 2.11. The summed E-state index contributed by atoms with van der Waals surface area (Å²) >= 11 is 4.83. The summed E-state index contributed by atoms with van der Waals surface area (Å²) in [4.78, 5) is 36.4. The number of thioether (sulfide) groups is 1. The number of esters is 1. The molecule has 6 nitrogen and oxygen atoms in total. The maximum Gasteiger partial charge on any atom is 0.325 e. The minimum atomic E-state index is -0.693. The van der Waals surface area contributed by atoms with Gasteiger partial charge in [0.1, 0.15) is 6.54 Å². The van der Waals surface area contributed by atoms with Gasteiger partial charge in [-0.15, -0.1) is 11.8 Å². The Labute approximate surface area is 163 Å². The predicted octanol–water partition coefficient (Wildman–Crippen LogP) is 3.08. The van der Waals surface area contributed by atoms with Crippen LogP contribution in [0.1, 0.15) is 10.4 Å². The Morgan fingerprint density at radius 2 is 1.88 bits per heavy atom. The molecule has 0 bridgehead atoms. The lowest BCUT2D eigenvalue weighted by Crippen LogP contribution is -2.32. The summed E-state index contributed by atoms with van der Waals surface area (Å²) in [6, 6.07) is 14.1. The van der Waals surface area contributed by atoms with Gasteiger partial charge in [0.05, 0.1) is 0 Å². The van der Waals surface area contributed by atoms with Gasteiger partial charge in [-0.1, -0.05) is 28.1 Å². The fourth-order valence-corrected chi connectivity index (χ4v) is 2.84. The van der Waals surface area contributed by atoms with Crippen molar-refractivity contribution in [1.82, 2.24) is 5.32 Å². The van der Waals surface area contributed by atoms with E-state index in [0.29, 0.717) is 11.3 Å². The number of hydrogen-bond donors (Lipinski definition) is 2. The van der Waals surface area contributed by atoms with Crippen LogP contribution in [0.25, 0.3) is 0 Å². The Morgan fingerprint density at radius 3 is 2.62 bits per heavy atom. The van der Waals surface area contributed by atoms with Gasteiger partial charge in [-0.3, -0.25) is 14.4 Å². The molecule has 0 spiro atoms. The molecule has 0 aromatic heterocycles. The lowest BCUT2D eigenvalue weighted by Gasteiger charge is -2.08. The molecule has 0 saturated carbocycles. The molecule has 0 radical (unpaired) electrons. The third kappa shape index (κ3) is 6.53.